The Morgan fingerprint density at radius 2 is 1.95 bits per heavy atom. The van der Waals surface area contributed by atoms with Gasteiger partial charge in [0.1, 0.15) is 0 Å². The Morgan fingerprint density at radius 3 is 2.67 bits per heavy atom. The van der Waals surface area contributed by atoms with E-state index in [1.165, 1.54) is 5.56 Å². The van der Waals surface area contributed by atoms with Crippen LogP contribution in [0, 0.1) is 0 Å². The van der Waals surface area contributed by atoms with E-state index >= 15 is 0 Å². The highest BCUT2D eigenvalue weighted by Crippen LogP contribution is 2.20. The van der Waals surface area contributed by atoms with Gasteiger partial charge in [0.2, 0.25) is 0 Å². The van der Waals surface area contributed by atoms with Crippen molar-refractivity contribution in [1.82, 2.24) is 5.32 Å². The number of nitrogen functional groups attached to an aromatic ring is 1. The third-order valence-corrected chi connectivity index (χ3v) is 3.80. The second kappa shape index (κ2) is 7.14. The van der Waals surface area contributed by atoms with Gasteiger partial charge in [-0.15, -0.1) is 0 Å². The smallest absolute Gasteiger partial charge is 0.252 e. The normalized spacial score (nSPS) is 11.9. The van der Waals surface area contributed by atoms with Gasteiger partial charge in [-0.25, -0.2) is 0 Å². The molecular weight excluding hydrogens is 284 g/mol. The first-order chi connectivity index (χ1) is 10.1. The number of halogens is 1. The van der Waals surface area contributed by atoms with Gasteiger partial charge >= 0.3 is 0 Å². The van der Waals surface area contributed by atoms with Crippen LogP contribution in [0.4, 0.5) is 5.69 Å². The van der Waals surface area contributed by atoms with Gasteiger partial charge in [-0.1, -0.05) is 48.9 Å². The maximum atomic E-state index is 12.1. The minimum Gasteiger partial charge on any atom is -0.399 e. The summed E-state index contributed by atoms with van der Waals surface area (Å²) >= 11 is 6.01. The van der Waals surface area contributed by atoms with E-state index in [2.05, 4.69) is 24.4 Å². The monoisotopic (exact) mass is 302 g/mol. The largest absolute Gasteiger partial charge is 0.399 e. The number of carbonyl (C=O) groups is 1. The van der Waals surface area contributed by atoms with Gasteiger partial charge in [0.15, 0.2) is 0 Å². The van der Waals surface area contributed by atoms with Crippen molar-refractivity contribution in [3.05, 3.63) is 64.7 Å². The number of hydrogen-bond donors (Lipinski definition) is 2. The van der Waals surface area contributed by atoms with E-state index in [9.17, 15) is 4.79 Å². The quantitative estimate of drug-likeness (QED) is 0.824. The summed E-state index contributed by atoms with van der Waals surface area (Å²) in [5.74, 6) is 0.204. The zero-order chi connectivity index (χ0) is 15.2. The van der Waals surface area contributed by atoms with Crippen molar-refractivity contribution in [2.24, 2.45) is 0 Å². The Hall–Kier alpha value is -2.00. The van der Waals surface area contributed by atoms with Crippen molar-refractivity contribution in [2.75, 3.05) is 12.3 Å². The zero-order valence-corrected chi connectivity index (χ0v) is 12.7. The van der Waals surface area contributed by atoms with Crippen molar-refractivity contribution in [3.63, 3.8) is 0 Å². The number of carbonyl (C=O) groups excluding carboxylic acids is 1. The molecule has 3 N–H and O–H groups in total. The highest BCUT2D eigenvalue weighted by Gasteiger charge is 2.11. The first-order valence-corrected chi connectivity index (χ1v) is 7.34. The molecule has 0 fully saturated rings. The second-order valence-electron chi connectivity index (χ2n) is 5.10. The van der Waals surface area contributed by atoms with Crippen LogP contribution in [0.3, 0.4) is 0 Å². The van der Waals surface area contributed by atoms with E-state index in [4.69, 9.17) is 17.3 Å². The molecule has 0 radical (unpaired) electrons. The van der Waals surface area contributed by atoms with Crippen molar-refractivity contribution in [2.45, 2.75) is 19.3 Å². The molecule has 1 unspecified atom stereocenters. The molecule has 4 heteroatoms. The predicted molar refractivity (Wildman–Crippen MR) is 87.7 cm³/mol. The van der Waals surface area contributed by atoms with Crippen LogP contribution in [0.15, 0.2) is 48.5 Å². The van der Waals surface area contributed by atoms with E-state index in [-0.39, 0.29) is 5.91 Å². The lowest BCUT2D eigenvalue weighted by molar-refractivity contribution is 0.0953. The molecule has 2 aromatic rings. The maximum Gasteiger partial charge on any atom is 0.252 e. The van der Waals surface area contributed by atoms with Crippen molar-refractivity contribution < 1.29 is 4.79 Å². The molecule has 0 aromatic heterocycles. The fraction of sp³-hybridized carbons (Fsp3) is 0.235. The standard InChI is InChI=1S/C17H19ClN2O/c1-12(13-5-3-2-4-6-13)9-10-20-17(21)15-11-14(19)7-8-16(15)18/h2-8,11-12H,9-10,19H2,1H3,(H,20,21). The average molecular weight is 303 g/mol. The lowest BCUT2D eigenvalue weighted by Crippen LogP contribution is -2.25. The fourth-order valence-corrected chi connectivity index (χ4v) is 2.37. The summed E-state index contributed by atoms with van der Waals surface area (Å²) in [6.07, 6.45) is 0.871. The second-order valence-corrected chi connectivity index (χ2v) is 5.50. The molecule has 0 saturated carbocycles. The summed E-state index contributed by atoms with van der Waals surface area (Å²) in [4.78, 5) is 12.1. The number of hydrogen-bond acceptors (Lipinski definition) is 2. The summed E-state index contributed by atoms with van der Waals surface area (Å²) in [5.41, 5.74) is 7.90. The summed E-state index contributed by atoms with van der Waals surface area (Å²) in [6.45, 7) is 2.75. The molecule has 110 valence electrons. The predicted octanol–water partition coefficient (Wildman–Crippen LogP) is 3.85. The topological polar surface area (TPSA) is 55.1 Å². The number of nitrogens with two attached hydrogens (primary N) is 1. The lowest BCUT2D eigenvalue weighted by atomic mass is 9.98. The molecule has 2 aromatic carbocycles. The SMILES string of the molecule is CC(CCNC(=O)c1cc(N)ccc1Cl)c1ccccc1. The van der Waals surface area contributed by atoms with Gasteiger partial charge < -0.3 is 11.1 Å². The van der Waals surface area contributed by atoms with Crippen LogP contribution in [0.25, 0.3) is 0 Å². The van der Waals surface area contributed by atoms with Crippen LogP contribution >= 0.6 is 11.6 Å². The first-order valence-electron chi connectivity index (χ1n) is 6.96. The number of rotatable bonds is 5. The molecule has 3 nitrogen and oxygen atoms in total. The number of benzene rings is 2. The van der Waals surface area contributed by atoms with Crippen molar-refractivity contribution in [3.8, 4) is 0 Å². The molecule has 0 bridgehead atoms. The van der Waals surface area contributed by atoms with Crippen LogP contribution < -0.4 is 11.1 Å². The average Bonchev–Trinajstić information content (AvgIpc) is 2.50. The summed E-state index contributed by atoms with van der Waals surface area (Å²) in [7, 11) is 0. The van der Waals surface area contributed by atoms with Gasteiger partial charge in [0, 0.05) is 12.2 Å². The van der Waals surface area contributed by atoms with Crippen molar-refractivity contribution in [1.29, 1.82) is 0 Å². The van der Waals surface area contributed by atoms with E-state index in [0.717, 1.165) is 6.42 Å². The lowest BCUT2D eigenvalue weighted by Gasteiger charge is -2.13. The van der Waals surface area contributed by atoms with Crippen LogP contribution in [0.2, 0.25) is 5.02 Å². The first kappa shape index (κ1) is 15.4. The molecular formula is C17H19ClN2O. The third kappa shape index (κ3) is 4.23. The molecule has 1 atom stereocenters. The minimum atomic E-state index is -0.187. The highest BCUT2D eigenvalue weighted by molar-refractivity contribution is 6.34. The Morgan fingerprint density at radius 1 is 1.24 bits per heavy atom. The molecule has 0 aliphatic rings. The summed E-state index contributed by atoms with van der Waals surface area (Å²) < 4.78 is 0. The Balaban J connectivity index is 1.88. The number of anilines is 1. The highest BCUT2D eigenvalue weighted by atomic mass is 35.5. The molecule has 0 aliphatic heterocycles. The summed E-state index contributed by atoms with van der Waals surface area (Å²) in [6, 6.07) is 15.2. The van der Waals surface area contributed by atoms with Crippen molar-refractivity contribution >= 4 is 23.2 Å². The van der Waals surface area contributed by atoms with Gasteiger partial charge in [0.25, 0.3) is 5.91 Å². The minimum absolute atomic E-state index is 0.187. The van der Waals surface area contributed by atoms with Gasteiger partial charge in [0.05, 0.1) is 10.6 Å². The van der Waals surface area contributed by atoms with Gasteiger partial charge in [-0.05, 0) is 36.1 Å². The molecule has 0 spiro atoms. The van der Waals surface area contributed by atoms with E-state index in [0.29, 0.717) is 28.7 Å². The van der Waals surface area contributed by atoms with Crippen LogP contribution in [0.5, 0.6) is 0 Å². The maximum absolute atomic E-state index is 12.1. The van der Waals surface area contributed by atoms with E-state index in [1.54, 1.807) is 18.2 Å². The molecule has 21 heavy (non-hydrogen) atoms. The van der Waals surface area contributed by atoms with Crippen LogP contribution in [-0.4, -0.2) is 12.5 Å². The third-order valence-electron chi connectivity index (χ3n) is 3.47. The molecule has 0 heterocycles. The van der Waals surface area contributed by atoms with Gasteiger partial charge in [-0.2, -0.15) is 0 Å². The number of nitrogens with one attached hydrogen (secondary N) is 1. The Kier molecular flexibility index (Phi) is 5.23. The summed E-state index contributed by atoms with van der Waals surface area (Å²) in [5, 5.41) is 3.30. The Labute approximate surface area is 130 Å². The molecule has 0 saturated heterocycles. The van der Waals surface area contributed by atoms with Gasteiger partial charge in [-0.3, -0.25) is 4.79 Å². The number of amides is 1. The van der Waals surface area contributed by atoms with Crippen LogP contribution in [-0.2, 0) is 0 Å². The molecule has 1 amide bonds. The molecule has 2 rings (SSSR count). The van der Waals surface area contributed by atoms with E-state index < -0.39 is 0 Å². The fourth-order valence-electron chi connectivity index (χ4n) is 2.16. The zero-order valence-electron chi connectivity index (χ0n) is 12.0. The molecule has 0 aliphatic carbocycles. The van der Waals surface area contributed by atoms with Crippen LogP contribution in [0.1, 0.15) is 35.2 Å². The Bertz CT molecular complexity index is 613. The van der Waals surface area contributed by atoms with E-state index in [1.807, 2.05) is 18.2 Å².